The Balaban J connectivity index is 2.15. The molecule has 21 heavy (non-hydrogen) atoms. The zero-order valence-corrected chi connectivity index (χ0v) is 14.4. The Labute approximate surface area is 133 Å². The first kappa shape index (κ1) is 16.0. The van der Waals surface area contributed by atoms with E-state index in [-0.39, 0.29) is 5.41 Å². The largest absolute Gasteiger partial charge is 0.378 e. The van der Waals surface area contributed by atoms with Crippen molar-refractivity contribution in [2.24, 2.45) is 0 Å². The minimum absolute atomic E-state index is 0.209. The molecule has 0 spiro atoms. The lowest BCUT2D eigenvalue weighted by Crippen LogP contribution is -2.12. The number of para-hydroxylation sites is 1. The van der Waals surface area contributed by atoms with Gasteiger partial charge in [-0.05, 0) is 41.9 Å². The number of rotatable bonds is 4. The first-order chi connectivity index (χ1) is 9.91. The van der Waals surface area contributed by atoms with E-state index in [1.807, 2.05) is 0 Å². The van der Waals surface area contributed by atoms with Gasteiger partial charge in [0.2, 0.25) is 0 Å². The molecule has 1 unspecified atom stereocenters. The number of hydrogen-bond acceptors (Lipinski definition) is 2. The van der Waals surface area contributed by atoms with E-state index in [9.17, 15) is 0 Å². The van der Waals surface area contributed by atoms with Gasteiger partial charge in [-0.3, -0.25) is 0 Å². The van der Waals surface area contributed by atoms with Crippen molar-refractivity contribution in [3.63, 3.8) is 0 Å². The average molecular weight is 299 g/mol. The molecule has 0 saturated carbocycles. The number of benzene rings is 2. The molecule has 0 heterocycles. The van der Waals surface area contributed by atoms with Crippen molar-refractivity contribution in [3.05, 3.63) is 59.7 Å². The van der Waals surface area contributed by atoms with Crippen LogP contribution in [0.5, 0.6) is 0 Å². The molecule has 0 amide bonds. The zero-order chi connectivity index (χ0) is 15.5. The minimum atomic E-state index is 0.209. The molecule has 0 radical (unpaired) electrons. The van der Waals surface area contributed by atoms with Gasteiger partial charge in [-0.1, -0.05) is 57.2 Å². The van der Waals surface area contributed by atoms with Gasteiger partial charge in [0.05, 0.1) is 0 Å². The van der Waals surface area contributed by atoms with Gasteiger partial charge in [-0.2, -0.15) is 0 Å². The molecule has 112 valence electrons. The lowest BCUT2D eigenvalue weighted by molar-refractivity contribution is 0.589. The highest BCUT2D eigenvalue weighted by molar-refractivity contribution is 7.98. The molecule has 0 fully saturated rings. The fraction of sp³-hybridized carbons (Fsp3) is 0.368. The Kier molecular flexibility index (Phi) is 5.00. The summed E-state index contributed by atoms with van der Waals surface area (Å²) in [7, 11) is 0. The minimum Gasteiger partial charge on any atom is -0.378 e. The third-order valence-electron chi connectivity index (χ3n) is 3.76. The van der Waals surface area contributed by atoms with Crippen molar-refractivity contribution in [3.8, 4) is 0 Å². The van der Waals surface area contributed by atoms with Crippen LogP contribution < -0.4 is 5.32 Å². The SMILES string of the molecule is CSc1ccccc1NC(C)c1ccc(C(C)(C)C)cc1. The molecule has 2 aromatic carbocycles. The third-order valence-corrected chi connectivity index (χ3v) is 4.55. The summed E-state index contributed by atoms with van der Waals surface area (Å²) in [5.74, 6) is 0. The van der Waals surface area contributed by atoms with Crippen molar-refractivity contribution in [1.29, 1.82) is 0 Å². The first-order valence-corrected chi connectivity index (χ1v) is 8.64. The van der Waals surface area contributed by atoms with E-state index in [0.717, 1.165) is 0 Å². The molecule has 0 aliphatic rings. The molecule has 1 N–H and O–H groups in total. The molecule has 0 saturated heterocycles. The van der Waals surface area contributed by atoms with Gasteiger partial charge >= 0.3 is 0 Å². The van der Waals surface area contributed by atoms with Crippen LogP contribution in [-0.2, 0) is 5.41 Å². The van der Waals surface area contributed by atoms with Gasteiger partial charge in [0.1, 0.15) is 0 Å². The van der Waals surface area contributed by atoms with E-state index < -0.39 is 0 Å². The van der Waals surface area contributed by atoms with Crippen LogP contribution in [-0.4, -0.2) is 6.26 Å². The number of thioether (sulfide) groups is 1. The molecule has 0 aliphatic heterocycles. The topological polar surface area (TPSA) is 12.0 Å². The number of hydrogen-bond donors (Lipinski definition) is 1. The van der Waals surface area contributed by atoms with Crippen molar-refractivity contribution in [1.82, 2.24) is 0 Å². The molecule has 0 aliphatic carbocycles. The average Bonchev–Trinajstić information content (AvgIpc) is 2.47. The molecular formula is C19H25NS. The maximum atomic E-state index is 3.62. The lowest BCUT2D eigenvalue weighted by Gasteiger charge is -2.21. The number of nitrogens with one attached hydrogen (secondary N) is 1. The fourth-order valence-electron chi connectivity index (χ4n) is 2.35. The Morgan fingerprint density at radius 1 is 0.952 bits per heavy atom. The van der Waals surface area contributed by atoms with Crippen molar-refractivity contribution in [2.45, 2.75) is 44.0 Å². The van der Waals surface area contributed by atoms with Crippen LogP contribution in [0.1, 0.15) is 44.9 Å². The summed E-state index contributed by atoms with van der Waals surface area (Å²) in [6, 6.07) is 17.7. The van der Waals surface area contributed by atoms with Crippen LogP contribution >= 0.6 is 11.8 Å². The molecular weight excluding hydrogens is 274 g/mol. The molecule has 2 aromatic rings. The Morgan fingerprint density at radius 2 is 1.57 bits per heavy atom. The highest BCUT2D eigenvalue weighted by Gasteiger charge is 2.14. The van der Waals surface area contributed by atoms with Crippen LogP contribution in [0, 0.1) is 0 Å². The summed E-state index contributed by atoms with van der Waals surface area (Å²) >= 11 is 1.78. The van der Waals surface area contributed by atoms with Crippen molar-refractivity contribution in [2.75, 3.05) is 11.6 Å². The Morgan fingerprint density at radius 3 is 2.14 bits per heavy atom. The van der Waals surface area contributed by atoms with Crippen LogP contribution in [0.3, 0.4) is 0 Å². The monoisotopic (exact) mass is 299 g/mol. The highest BCUT2D eigenvalue weighted by atomic mass is 32.2. The second-order valence-corrected chi connectivity index (χ2v) is 7.29. The Bertz CT molecular complexity index is 581. The second kappa shape index (κ2) is 6.57. The molecule has 0 aromatic heterocycles. The summed E-state index contributed by atoms with van der Waals surface area (Å²) in [6.45, 7) is 8.96. The van der Waals surface area contributed by atoms with Crippen LogP contribution in [0.25, 0.3) is 0 Å². The maximum Gasteiger partial charge on any atom is 0.0486 e. The normalized spacial score (nSPS) is 13.0. The molecule has 1 atom stereocenters. The van der Waals surface area contributed by atoms with Gasteiger partial charge < -0.3 is 5.32 Å². The molecule has 0 bridgehead atoms. The van der Waals surface area contributed by atoms with Gasteiger partial charge in [0.15, 0.2) is 0 Å². The van der Waals surface area contributed by atoms with E-state index in [0.29, 0.717) is 6.04 Å². The third kappa shape index (κ3) is 4.04. The van der Waals surface area contributed by atoms with E-state index in [1.165, 1.54) is 21.7 Å². The zero-order valence-electron chi connectivity index (χ0n) is 13.6. The molecule has 2 rings (SSSR count). The first-order valence-electron chi connectivity index (χ1n) is 7.42. The van der Waals surface area contributed by atoms with Crippen LogP contribution in [0.2, 0.25) is 0 Å². The summed E-state index contributed by atoms with van der Waals surface area (Å²) < 4.78 is 0. The molecule has 1 nitrogen and oxygen atoms in total. The fourth-order valence-corrected chi connectivity index (χ4v) is 2.91. The van der Waals surface area contributed by atoms with Gasteiger partial charge in [-0.15, -0.1) is 11.8 Å². The highest BCUT2D eigenvalue weighted by Crippen LogP contribution is 2.29. The van der Waals surface area contributed by atoms with E-state index in [2.05, 4.69) is 87.8 Å². The summed E-state index contributed by atoms with van der Waals surface area (Å²) in [6.07, 6.45) is 2.11. The van der Waals surface area contributed by atoms with Gasteiger partial charge in [0, 0.05) is 16.6 Å². The van der Waals surface area contributed by atoms with Crippen LogP contribution in [0.15, 0.2) is 53.4 Å². The van der Waals surface area contributed by atoms with Gasteiger partial charge in [0.25, 0.3) is 0 Å². The maximum absolute atomic E-state index is 3.62. The molecule has 2 heteroatoms. The van der Waals surface area contributed by atoms with E-state index in [4.69, 9.17) is 0 Å². The summed E-state index contributed by atoms with van der Waals surface area (Å²) in [4.78, 5) is 1.29. The van der Waals surface area contributed by atoms with E-state index in [1.54, 1.807) is 11.8 Å². The standard InChI is InChI=1S/C19H25NS/c1-14(20-17-8-6-7-9-18(17)21-5)15-10-12-16(13-11-15)19(2,3)4/h6-14,20H,1-5H3. The second-order valence-electron chi connectivity index (χ2n) is 6.44. The summed E-state index contributed by atoms with van der Waals surface area (Å²) in [5.41, 5.74) is 4.11. The Hall–Kier alpha value is -1.41. The summed E-state index contributed by atoms with van der Waals surface area (Å²) in [5, 5.41) is 3.62. The smallest absolute Gasteiger partial charge is 0.0486 e. The van der Waals surface area contributed by atoms with Gasteiger partial charge in [-0.25, -0.2) is 0 Å². The van der Waals surface area contributed by atoms with Crippen LogP contribution in [0.4, 0.5) is 5.69 Å². The lowest BCUT2D eigenvalue weighted by atomic mass is 9.86. The quantitative estimate of drug-likeness (QED) is 0.708. The van der Waals surface area contributed by atoms with Crippen molar-refractivity contribution < 1.29 is 0 Å². The van der Waals surface area contributed by atoms with Crippen molar-refractivity contribution >= 4 is 17.4 Å². The number of anilines is 1. The predicted octanol–water partition coefficient (Wildman–Crippen LogP) is 5.88. The predicted molar refractivity (Wildman–Crippen MR) is 95.4 cm³/mol. The van der Waals surface area contributed by atoms with E-state index >= 15 is 0 Å².